The molecule has 0 saturated carbocycles. The SMILES string of the molecule is N[C@@H]1CCc2nc(NCc3cccc4c3C(=O)N(C3CCC(=O)NC3=O)C4=O)sc2C1. The first-order valence-electron chi connectivity index (χ1n) is 10.2. The van der Waals surface area contributed by atoms with E-state index in [2.05, 4.69) is 15.6 Å². The highest BCUT2D eigenvalue weighted by molar-refractivity contribution is 7.15. The van der Waals surface area contributed by atoms with Gasteiger partial charge in [0.05, 0.1) is 16.8 Å². The molecule has 1 fully saturated rings. The van der Waals surface area contributed by atoms with Crippen LogP contribution in [0.15, 0.2) is 18.2 Å². The molecular weight excluding hydrogens is 418 g/mol. The zero-order chi connectivity index (χ0) is 21.7. The van der Waals surface area contributed by atoms with Crippen molar-refractivity contribution in [1.29, 1.82) is 0 Å². The molecule has 3 heterocycles. The molecular formula is C21H21N5O4S. The number of rotatable bonds is 4. The van der Waals surface area contributed by atoms with E-state index >= 15 is 0 Å². The fraction of sp³-hybridized carbons (Fsp3) is 0.381. The van der Waals surface area contributed by atoms with E-state index in [1.54, 1.807) is 29.5 Å². The normalized spacial score (nSPS) is 22.9. The Kier molecular flexibility index (Phi) is 4.82. The number of nitrogens with one attached hydrogen (secondary N) is 2. The number of anilines is 1. The summed E-state index contributed by atoms with van der Waals surface area (Å²) in [7, 11) is 0. The van der Waals surface area contributed by atoms with Gasteiger partial charge >= 0.3 is 0 Å². The van der Waals surface area contributed by atoms with Crippen LogP contribution in [-0.2, 0) is 29.0 Å². The van der Waals surface area contributed by atoms with Crippen molar-refractivity contribution >= 4 is 40.1 Å². The number of fused-ring (bicyclic) bond motifs is 2. The van der Waals surface area contributed by atoms with E-state index in [0.29, 0.717) is 17.7 Å². The second kappa shape index (κ2) is 7.54. The molecule has 2 aliphatic heterocycles. The first kappa shape index (κ1) is 19.8. The maximum absolute atomic E-state index is 13.1. The number of piperidine rings is 1. The number of benzene rings is 1. The van der Waals surface area contributed by atoms with Gasteiger partial charge in [-0.25, -0.2) is 4.98 Å². The van der Waals surface area contributed by atoms with Crippen LogP contribution in [-0.4, -0.2) is 45.6 Å². The van der Waals surface area contributed by atoms with E-state index in [0.717, 1.165) is 35.0 Å². The van der Waals surface area contributed by atoms with Crippen LogP contribution in [0.1, 0.15) is 56.1 Å². The van der Waals surface area contributed by atoms with Crippen molar-refractivity contribution in [3.63, 3.8) is 0 Å². The average molecular weight is 439 g/mol. The summed E-state index contributed by atoms with van der Waals surface area (Å²) >= 11 is 1.57. The number of carbonyl (C=O) groups is 4. The van der Waals surface area contributed by atoms with Gasteiger partial charge in [0.25, 0.3) is 11.8 Å². The second-order valence-electron chi connectivity index (χ2n) is 8.03. The van der Waals surface area contributed by atoms with Gasteiger partial charge in [-0.15, -0.1) is 11.3 Å². The van der Waals surface area contributed by atoms with Crippen LogP contribution in [0.4, 0.5) is 5.13 Å². The van der Waals surface area contributed by atoms with E-state index in [-0.39, 0.29) is 24.4 Å². The smallest absolute Gasteiger partial charge is 0.262 e. The topological polar surface area (TPSA) is 134 Å². The number of aryl methyl sites for hydroxylation is 1. The Morgan fingerprint density at radius 1 is 1.16 bits per heavy atom. The molecule has 3 aliphatic rings. The summed E-state index contributed by atoms with van der Waals surface area (Å²) in [6.07, 6.45) is 2.84. The molecule has 0 spiro atoms. The second-order valence-corrected chi connectivity index (χ2v) is 9.12. The third kappa shape index (κ3) is 3.41. The van der Waals surface area contributed by atoms with Crippen molar-refractivity contribution in [3.05, 3.63) is 45.5 Å². The zero-order valence-corrected chi connectivity index (χ0v) is 17.5. The molecule has 1 aliphatic carbocycles. The highest BCUT2D eigenvalue weighted by Crippen LogP contribution is 2.32. The fourth-order valence-electron chi connectivity index (χ4n) is 4.38. The molecule has 2 aromatic rings. The molecule has 160 valence electrons. The van der Waals surface area contributed by atoms with Crippen molar-refractivity contribution in [2.75, 3.05) is 5.32 Å². The maximum Gasteiger partial charge on any atom is 0.262 e. The molecule has 4 amide bonds. The van der Waals surface area contributed by atoms with Crippen molar-refractivity contribution in [2.24, 2.45) is 5.73 Å². The molecule has 10 heteroatoms. The van der Waals surface area contributed by atoms with E-state index in [1.807, 2.05) is 0 Å². The molecule has 2 atom stereocenters. The molecule has 31 heavy (non-hydrogen) atoms. The van der Waals surface area contributed by atoms with Crippen molar-refractivity contribution < 1.29 is 19.2 Å². The number of thiazole rings is 1. The first-order valence-corrected chi connectivity index (χ1v) is 11.1. The van der Waals surface area contributed by atoms with Gasteiger partial charge in [-0.2, -0.15) is 0 Å². The zero-order valence-electron chi connectivity index (χ0n) is 16.6. The molecule has 1 aromatic heterocycles. The summed E-state index contributed by atoms with van der Waals surface area (Å²) in [5.41, 5.74) is 8.35. The van der Waals surface area contributed by atoms with E-state index in [9.17, 15) is 19.2 Å². The van der Waals surface area contributed by atoms with Crippen LogP contribution < -0.4 is 16.4 Å². The fourth-order valence-corrected chi connectivity index (χ4v) is 5.48. The van der Waals surface area contributed by atoms with E-state index < -0.39 is 29.7 Å². The lowest BCUT2D eigenvalue weighted by molar-refractivity contribution is -0.136. The summed E-state index contributed by atoms with van der Waals surface area (Å²) in [6, 6.07) is 4.30. The standard InChI is InChI=1S/C21H21N5O4S/c22-11-4-5-13-15(8-11)31-21(24-13)23-9-10-2-1-3-12-17(10)20(30)26(19(12)29)14-6-7-16(27)25-18(14)28/h1-3,11,14H,4-9,22H2,(H,23,24)(H,25,27,28)/t11-,14?/m1/s1. The third-order valence-electron chi connectivity index (χ3n) is 5.96. The van der Waals surface area contributed by atoms with Crippen LogP contribution in [0.2, 0.25) is 0 Å². The van der Waals surface area contributed by atoms with E-state index in [1.165, 1.54) is 4.88 Å². The summed E-state index contributed by atoms with van der Waals surface area (Å²) in [5.74, 6) is -2.02. The summed E-state index contributed by atoms with van der Waals surface area (Å²) < 4.78 is 0. The predicted molar refractivity (Wildman–Crippen MR) is 113 cm³/mol. The number of imide groups is 2. The molecule has 0 bridgehead atoms. The number of nitrogens with two attached hydrogens (primary N) is 1. The lowest BCUT2D eigenvalue weighted by Crippen LogP contribution is -2.54. The number of carbonyl (C=O) groups excluding carboxylic acids is 4. The first-order chi connectivity index (χ1) is 14.9. The largest absolute Gasteiger partial charge is 0.357 e. The highest BCUT2D eigenvalue weighted by atomic mass is 32.1. The molecule has 1 saturated heterocycles. The predicted octanol–water partition coefficient (Wildman–Crippen LogP) is 0.972. The lowest BCUT2D eigenvalue weighted by Gasteiger charge is -2.27. The van der Waals surface area contributed by atoms with Gasteiger partial charge in [-0.1, -0.05) is 12.1 Å². The van der Waals surface area contributed by atoms with Crippen molar-refractivity contribution in [1.82, 2.24) is 15.2 Å². The van der Waals surface area contributed by atoms with Gasteiger partial charge in [0.2, 0.25) is 11.8 Å². The number of nitrogens with zero attached hydrogens (tertiary/aromatic N) is 2. The monoisotopic (exact) mass is 439 g/mol. The Morgan fingerprint density at radius 2 is 2.00 bits per heavy atom. The maximum atomic E-state index is 13.1. The summed E-state index contributed by atoms with van der Waals surface area (Å²) in [5, 5.41) is 6.24. The average Bonchev–Trinajstić information content (AvgIpc) is 3.25. The number of aromatic nitrogens is 1. The quantitative estimate of drug-likeness (QED) is 0.604. The molecule has 9 nitrogen and oxygen atoms in total. The van der Waals surface area contributed by atoms with Crippen LogP contribution in [0.25, 0.3) is 0 Å². The Bertz CT molecular complexity index is 1130. The third-order valence-corrected chi connectivity index (χ3v) is 7.04. The molecule has 0 radical (unpaired) electrons. The number of hydrogen-bond donors (Lipinski definition) is 3. The Morgan fingerprint density at radius 3 is 2.81 bits per heavy atom. The van der Waals surface area contributed by atoms with Gasteiger partial charge in [0, 0.05) is 23.9 Å². The van der Waals surface area contributed by atoms with Gasteiger partial charge < -0.3 is 11.1 Å². The minimum absolute atomic E-state index is 0.0938. The Hall–Kier alpha value is -3.11. The molecule has 1 unspecified atom stereocenters. The summed E-state index contributed by atoms with van der Waals surface area (Å²) in [4.78, 5) is 56.6. The van der Waals surface area contributed by atoms with Crippen LogP contribution in [0.3, 0.4) is 0 Å². The highest BCUT2D eigenvalue weighted by Gasteiger charge is 2.45. The van der Waals surface area contributed by atoms with Crippen LogP contribution in [0.5, 0.6) is 0 Å². The van der Waals surface area contributed by atoms with Gasteiger partial charge in [0.1, 0.15) is 6.04 Å². The van der Waals surface area contributed by atoms with Crippen LogP contribution in [0, 0.1) is 0 Å². The molecule has 1 aromatic carbocycles. The Labute approximate surface area is 182 Å². The minimum Gasteiger partial charge on any atom is -0.357 e. The molecule has 4 N–H and O–H groups in total. The van der Waals surface area contributed by atoms with E-state index in [4.69, 9.17) is 5.73 Å². The number of amides is 4. The van der Waals surface area contributed by atoms with Crippen LogP contribution >= 0.6 is 11.3 Å². The summed E-state index contributed by atoms with van der Waals surface area (Å²) in [6.45, 7) is 0.323. The molecule has 5 rings (SSSR count). The minimum atomic E-state index is -0.971. The van der Waals surface area contributed by atoms with Gasteiger partial charge in [-0.3, -0.25) is 29.4 Å². The van der Waals surface area contributed by atoms with Crippen molar-refractivity contribution in [3.8, 4) is 0 Å². The van der Waals surface area contributed by atoms with Gasteiger partial charge in [-0.05, 0) is 37.3 Å². The van der Waals surface area contributed by atoms with Gasteiger partial charge in [0.15, 0.2) is 5.13 Å². The Balaban J connectivity index is 1.37. The van der Waals surface area contributed by atoms with Crippen molar-refractivity contribution in [2.45, 2.75) is 50.7 Å². The lowest BCUT2D eigenvalue weighted by atomic mass is 9.99. The number of hydrogen-bond acceptors (Lipinski definition) is 8.